The van der Waals surface area contributed by atoms with E-state index in [4.69, 9.17) is 0 Å². The summed E-state index contributed by atoms with van der Waals surface area (Å²) in [4.78, 5) is 0. The topological polar surface area (TPSA) is 29.9 Å². The molecule has 0 bridgehead atoms. The summed E-state index contributed by atoms with van der Waals surface area (Å²) in [7, 11) is 1.96. The highest BCUT2D eigenvalue weighted by Gasteiger charge is 2.23. The van der Waals surface area contributed by atoms with Crippen LogP contribution in [0.4, 0.5) is 0 Å². The van der Waals surface area contributed by atoms with Gasteiger partial charge < -0.3 is 5.32 Å². The van der Waals surface area contributed by atoms with E-state index in [0.29, 0.717) is 6.04 Å². The Kier molecular flexibility index (Phi) is 5.45. The van der Waals surface area contributed by atoms with Crippen molar-refractivity contribution < 1.29 is 0 Å². The smallest absolute Gasteiger partial charge is 0.0768 e. The van der Waals surface area contributed by atoms with Gasteiger partial charge in [-0.05, 0) is 60.6 Å². The quantitative estimate of drug-likeness (QED) is 0.684. The standard InChI is InChI=1S/C14H16Br3N3/c1-8(2)20-14(12(17)7-19-20)13(18-3)10-6-9(15)4-5-11(10)16/h4-8,13,18H,1-3H3. The van der Waals surface area contributed by atoms with Crippen molar-refractivity contribution in [3.05, 3.63) is 49.1 Å². The van der Waals surface area contributed by atoms with E-state index in [1.54, 1.807) is 0 Å². The number of aromatic nitrogens is 2. The summed E-state index contributed by atoms with van der Waals surface area (Å²) in [5, 5.41) is 7.85. The van der Waals surface area contributed by atoms with Gasteiger partial charge in [-0.3, -0.25) is 4.68 Å². The van der Waals surface area contributed by atoms with E-state index in [-0.39, 0.29) is 6.04 Å². The van der Waals surface area contributed by atoms with Crippen LogP contribution in [-0.2, 0) is 0 Å². The van der Waals surface area contributed by atoms with E-state index in [1.165, 1.54) is 5.56 Å². The second-order valence-corrected chi connectivity index (χ2v) is 7.43. The van der Waals surface area contributed by atoms with Crippen molar-refractivity contribution in [2.45, 2.75) is 25.9 Å². The third kappa shape index (κ3) is 3.18. The molecule has 1 atom stereocenters. The molecule has 108 valence electrons. The maximum atomic E-state index is 4.46. The van der Waals surface area contributed by atoms with Gasteiger partial charge in [0.1, 0.15) is 0 Å². The zero-order valence-corrected chi connectivity index (χ0v) is 16.3. The van der Waals surface area contributed by atoms with Crippen molar-refractivity contribution >= 4 is 47.8 Å². The van der Waals surface area contributed by atoms with Crippen molar-refractivity contribution in [2.75, 3.05) is 7.05 Å². The average Bonchev–Trinajstić information content (AvgIpc) is 2.77. The number of hydrogen-bond donors (Lipinski definition) is 1. The first-order valence-corrected chi connectivity index (χ1v) is 8.68. The Labute approximate surface area is 144 Å². The van der Waals surface area contributed by atoms with Crippen LogP contribution in [-0.4, -0.2) is 16.8 Å². The Hall–Kier alpha value is -0.170. The number of hydrogen-bond acceptors (Lipinski definition) is 2. The normalized spacial score (nSPS) is 12.9. The van der Waals surface area contributed by atoms with Crippen molar-refractivity contribution in [3.8, 4) is 0 Å². The van der Waals surface area contributed by atoms with Crippen molar-refractivity contribution in [1.29, 1.82) is 0 Å². The summed E-state index contributed by atoms with van der Waals surface area (Å²) >= 11 is 10.8. The van der Waals surface area contributed by atoms with E-state index < -0.39 is 0 Å². The summed E-state index contributed by atoms with van der Waals surface area (Å²) in [6.07, 6.45) is 1.85. The van der Waals surface area contributed by atoms with Gasteiger partial charge >= 0.3 is 0 Å². The van der Waals surface area contributed by atoms with Gasteiger partial charge in [0.2, 0.25) is 0 Å². The highest BCUT2D eigenvalue weighted by Crippen LogP contribution is 2.35. The van der Waals surface area contributed by atoms with Crippen LogP contribution in [0.5, 0.6) is 0 Å². The second-order valence-electron chi connectivity index (χ2n) is 4.80. The molecule has 2 rings (SSSR count). The number of halogens is 3. The lowest BCUT2D eigenvalue weighted by Crippen LogP contribution is -2.23. The molecule has 1 N–H and O–H groups in total. The molecule has 20 heavy (non-hydrogen) atoms. The Morgan fingerprint density at radius 1 is 1.15 bits per heavy atom. The van der Waals surface area contributed by atoms with E-state index in [9.17, 15) is 0 Å². The van der Waals surface area contributed by atoms with Gasteiger partial charge in [-0.15, -0.1) is 0 Å². The maximum absolute atomic E-state index is 4.46. The molecule has 2 aromatic rings. The van der Waals surface area contributed by atoms with Crippen molar-refractivity contribution in [2.24, 2.45) is 0 Å². The Morgan fingerprint density at radius 2 is 1.85 bits per heavy atom. The Morgan fingerprint density at radius 3 is 2.45 bits per heavy atom. The zero-order chi connectivity index (χ0) is 14.9. The SMILES string of the molecule is CNC(c1cc(Br)ccc1Br)c1c(Br)cnn1C(C)C. The van der Waals surface area contributed by atoms with Crippen LogP contribution in [0.2, 0.25) is 0 Å². The zero-order valence-electron chi connectivity index (χ0n) is 11.5. The van der Waals surface area contributed by atoms with Crippen LogP contribution in [0.1, 0.15) is 37.2 Å². The number of rotatable bonds is 4. The van der Waals surface area contributed by atoms with Crippen LogP contribution in [0.15, 0.2) is 37.8 Å². The fraction of sp³-hybridized carbons (Fsp3) is 0.357. The van der Waals surface area contributed by atoms with Crippen LogP contribution >= 0.6 is 47.8 Å². The lowest BCUT2D eigenvalue weighted by molar-refractivity contribution is 0.482. The fourth-order valence-corrected chi connectivity index (χ4v) is 3.56. The largest absolute Gasteiger partial charge is 0.308 e. The molecule has 0 radical (unpaired) electrons. The predicted molar refractivity (Wildman–Crippen MR) is 93.1 cm³/mol. The minimum atomic E-state index is 0.0566. The van der Waals surface area contributed by atoms with Gasteiger partial charge in [-0.2, -0.15) is 5.10 Å². The first-order chi connectivity index (χ1) is 9.45. The van der Waals surface area contributed by atoms with Crippen LogP contribution in [0.3, 0.4) is 0 Å². The molecule has 0 amide bonds. The molecule has 0 aliphatic carbocycles. The van der Waals surface area contributed by atoms with Gasteiger partial charge in [0, 0.05) is 15.0 Å². The lowest BCUT2D eigenvalue weighted by atomic mass is 10.0. The second kappa shape index (κ2) is 6.73. The summed E-state index contributed by atoms with van der Waals surface area (Å²) in [6.45, 7) is 4.26. The highest BCUT2D eigenvalue weighted by molar-refractivity contribution is 9.11. The van der Waals surface area contributed by atoms with E-state index >= 15 is 0 Å². The van der Waals surface area contributed by atoms with Gasteiger partial charge in [0.05, 0.1) is 22.4 Å². The predicted octanol–water partition coefficient (Wildman–Crippen LogP) is 5.06. The molecule has 1 aromatic carbocycles. The highest BCUT2D eigenvalue weighted by atomic mass is 79.9. The summed E-state index contributed by atoms with van der Waals surface area (Å²) in [5.41, 5.74) is 2.30. The monoisotopic (exact) mass is 463 g/mol. The minimum absolute atomic E-state index is 0.0566. The fourth-order valence-electron chi connectivity index (χ4n) is 2.21. The lowest BCUT2D eigenvalue weighted by Gasteiger charge is -2.22. The van der Waals surface area contributed by atoms with Crippen LogP contribution < -0.4 is 5.32 Å². The molecule has 0 saturated heterocycles. The van der Waals surface area contributed by atoms with Gasteiger partial charge in [0.15, 0.2) is 0 Å². The van der Waals surface area contributed by atoms with Crippen molar-refractivity contribution in [1.82, 2.24) is 15.1 Å². The van der Waals surface area contributed by atoms with E-state index in [0.717, 1.165) is 19.1 Å². The molecular formula is C14H16Br3N3. The van der Waals surface area contributed by atoms with Crippen LogP contribution in [0, 0.1) is 0 Å². The first kappa shape index (κ1) is 16.2. The molecule has 0 fully saturated rings. The third-order valence-corrected chi connectivity index (χ3v) is 4.93. The molecule has 0 aliphatic heterocycles. The third-order valence-electron chi connectivity index (χ3n) is 3.11. The summed E-state index contributed by atoms with van der Waals surface area (Å²) in [6, 6.07) is 6.55. The van der Waals surface area contributed by atoms with Gasteiger partial charge in [-0.1, -0.05) is 31.9 Å². The van der Waals surface area contributed by atoms with E-state index in [2.05, 4.69) is 78.1 Å². The number of benzene rings is 1. The number of nitrogens with zero attached hydrogens (tertiary/aromatic N) is 2. The molecule has 3 nitrogen and oxygen atoms in total. The summed E-state index contributed by atoms with van der Waals surface area (Å²) in [5.74, 6) is 0. The van der Waals surface area contributed by atoms with Crippen LogP contribution in [0.25, 0.3) is 0 Å². The van der Waals surface area contributed by atoms with Crippen molar-refractivity contribution in [3.63, 3.8) is 0 Å². The molecular weight excluding hydrogens is 450 g/mol. The Balaban J connectivity index is 2.58. The maximum Gasteiger partial charge on any atom is 0.0768 e. The molecule has 1 unspecified atom stereocenters. The molecule has 0 aliphatic rings. The molecule has 0 spiro atoms. The Bertz CT molecular complexity index is 608. The number of nitrogens with one attached hydrogen (secondary N) is 1. The molecule has 6 heteroatoms. The molecule has 0 saturated carbocycles. The molecule has 1 heterocycles. The molecule has 1 aromatic heterocycles. The van der Waals surface area contributed by atoms with Gasteiger partial charge in [0.25, 0.3) is 0 Å². The van der Waals surface area contributed by atoms with E-state index in [1.807, 2.05) is 30.1 Å². The van der Waals surface area contributed by atoms with Gasteiger partial charge in [-0.25, -0.2) is 0 Å². The first-order valence-electron chi connectivity index (χ1n) is 6.30. The minimum Gasteiger partial charge on any atom is -0.308 e. The summed E-state index contributed by atoms with van der Waals surface area (Å²) < 4.78 is 5.18. The average molecular weight is 466 g/mol.